The summed E-state index contributed by atoms with van der Waals surface area (Å²) in [4.78, 5) is 28.2. The van der Waals surface area contributed by atoms with Gasteiger partial charge >= 0.3 is 5.91 Å². The number of hydrogen-bond acceptors (Lipinski definition) is 9. The van der Waals surface area contributed by atoms with Gasteiger partial charge < -0.3 is 14.6 Å². The highest BCUT2D eigenvalue weighted by Crippen LogP contribution is 2.44. The van der Waals surface area contributed by atoms with Crippen LogP contribution in [0, 0.1) is 5.82 Å². The Morgan fingerprint density at radius 3 is 2.36 bits per heavy atom. The molecule has 1 aliphatic rings. The van der Waals surface area contributed by atoms with Crippen molar-refractivity contribution < 1.29 is 28.6 Å². The largest absolute Gasteiger partial charge is 0.507 e. The Balaban J connectivity index is 1.48. The molecule has 4 aromatic rings. The highest BCUT2D eigenvalue weighted by atomic mass is 32.2. The minimum Gasteiger partial charge on any atom is -0.507 e. The number of nitrogens with zero attached hydrogens (tertiary/aromatic N) is 3. The Morgan fingerprint density at radius 2 is 1.69 bits per heavy atom. The molecule has 0 bridgehead atoms. The SMILES string of the molecule is CCCCOc1ccc(C(O)=C2C(=O)C(=O)N(c3nnc(SCc4ccc(F)cc4)s3)[C@@H]2c2ccc(OC)cc2)cc1. The van der Waals surface area contributed by atoms with Crippen LogP contribution in [0.15, 0.2) is 82.7 Å². The molecule has 1 fully saturated rings. The standard InChI is InChI=1S/C31H28FN3O5S2/c1-3-4-17-40-24-15-9-21(10-16-24)27(36)25-26(20-7-13-23(39-2)14-8-20)35(29(38)28(25)37)30-33-34-31(42-30)41-18-19-5-11-22(32)12-6-19/h5-16,26,36H,3-4,17-18H2,1-2H3/t26-/m1/s1. The number of amides is 1. The fourth-order valence-corrected chi connectivity index (χ4v) is 6.24. The fourth-order valence-electron chi connectivity index (χ4n) is 4.41. The van der Waals surface area contributed by atoms with Gasteiger partial charge in [0.2, 0.25) is 5.13 Å². The third kappa shape index (κ3) is 6.32. The number of carbonyl (C=O) groups is 2. The van der Waals surface area contributed by atoms with Crippen LogP contribution in [0.25, 0.3) is 5.76 Å². The quantitative estimate of drug-likeness (QED) is 0.0499. The summed E-state index contributed by atoms with van der Waals surface area (Å²) in [5, 5.41) is 20.1. The van der Waals surface area contributed by atoms with Crippen molar-refractivity contribution in [3.63, 3.8) is 0 Å². The number of aliphatic hydroxyl groups excluding tert-OH is 1. The van der Waals surface area contributed by atoms with Gasteiger partial charge in [0.1, 0.15) is 23.1 Å². The van der Waals surface area contributed by atoms with E-state index in [1.54, 1.807) is 67.8 Å². The lowest BCUT2D eigenvalue weighted by atomic mass is 9.95. The van der Waals surface area contributed by atoms with Crippen LogP contribution >= 0.6 is 23.1 Å². The Morgan fingerprint density at radius 1 is 1.00 bits per heavy atom. The topological polar surface area (TPSA) is 102 Å². The zero-order valence-corrected chi connectivity index (χ0v) is 24.6. The van der Waals surface area contributed by atoms with Gasteiger partial charge in [0, 0.05) is 11.3 Å². The number of rotatable bonds is 11. The molecule has 1 N–H and O–H groups in total. The molecule has 42 heavy (non-hydrogen) atoms. The molecular weight excluding hydrogens is 577 g/mol. The van der Waals surface area contributed by atoms with E-state index in [1.165, 1.54) is 28.8 Å². The van der Waals surface area contributed by atoms with Crippen molar-refractivity contribution in [2.75, 3.05) is 18.6 Å². The third-order valence-electron chi connectivity index (χ3n) is 6.65. The molecule has 2 heterocycles. The predicted octanol–water partition coefficient (Wildman–Crippen LogP) is 6.78. The first-order chi connectivity index (χ1) is 20.4. The van der Waals surface area contributed by atoms with E-state index in [4.69, 9.17) is 9.47 Å². The molecule has 1 atom stereocenters. The molecule has 1 aromatic heterocycles. The van der Waals surface area contributed by atoms with E-state index in [1.807, 2.05) is 0 Å². The molecule has 0 unspecified atom stereocenters. The van der Waals surface area contributed by atoms with E-state index in [2.05, 4.69) is 17.1 Å². The van der Waals surface area contributed by atoms with E-state index >= 15 is 0 Å². The number of carbonyl (C=O) groups excluding carboxylic acids is 2. The number of anilines is 1. The van der Waals surface area contributed by atoms with Gasteiger partial charge in [0.25, 0.3) is 5.78 Å². The van der Waals surface area contributed by atoms with Crippen LogP contribution in [0.5, 0.6) is 11.5 Å². The fraction of sp³-hybridized carbons (Fsp3) is 0.226. The smallest absolute Gasteiger partial charge is 0.301 e. The molecule has 3 aromatic carbocycles. The number of ketones is 1. The minimum absolute atomic E-state index is 0.0551. The molecule has 1 aliphatic heterocycles. The number of ether oxygens (including phenoxy) is 2. The van der Waals surface area contributed by atoms with Crippen LogP contribution in [0.3, 0.4) is 0 Å². The summed E-state index contributed by atoms with van der Waals surface area (Å²) >= 11 is 2.54. The second-order valence-electron chi connectivity index (χ2n) is 9.43. The highest BCUT2D eigenvalue weighted by Gasteiger charge is 2.48. The van der Waals surface area contributed by atoms with E-state index in [0.29, 0.717) is 39.3 Å². The summed E-state index contributed by atoms with van der Waals surface area (Å²) in [5.41, 5.74) is 1.81. The summed E-state index contributed by atoms with van der Waals surface area (Å²) in [6.45, 7) is 2.66. The van der Waals surface area contributed by atoms with Crippen LogP contribution in [0.2, 0.25) is 0 Å². The van der Waals surface area contributed by atoms with Crippen LogP contribution in [0.4, 0.5) is 9.52 Å². The summed E-state index contributed by atoms with van der Waals surface area (Å²) in [6, 6.07) is 18.9. The van der Waals surface area contributed by atoms with Gasteiger partial charge in [0.15, 0.2) is 4.34 Å². The summed E-state index contributed by atoms with van der Waals surface area (Å²) in [6.07, 6.45) is 1.93. The first-order valence-corrected chi connectivity index (χ1v) is 15.1. The van der Waals surface area contributed by atoms with Crippen molar-refractivity contribution in [1.29, 1.82) is 0 Å². The highest BCUT2D eigenvalue weighted by molar-refractivity contribution is 8.00. The van der Waals surface area contributed by atoms with Crippen molar-refractivity contribution in [2.24, 2.45) is 0 Å². The molecule has 1 saturated heterocycles. The zero-order chi connectivity index (χ0) is 29.6. The molecule has 1 amide bonds. The van der Waals surface area contributed by atoms with Crippen molar-refractivity contribution in [2.45, 2.75) is 35.9 Å². The maximum absolute atomic E-state index is 13.5. The van der Waals surface area contributed by atoms with Crippen molar-refractivity contribution >= 4 is 45.7 Å². The van der Waals surface area contributed by atoms with Gasteiger partial charge in [-0.15, -0.1) is 10.2 Å². The van der Waals surface area contributed by atoms with Gasteiger partial charge in [-0.05, 0) is 66.1 Å². The lowest BCUT2D eigenvalue weighted by Gasteiger charge is -2.22. The molecule has 0 aliphatic carbocycles. The normalized spacial score (nSPS) is 16.2. The lowest BCUT2D eigenvalue weighted by molar-refractivity contribution is -0.132. The number of halogens is 1. The van der Waals surface area contributed by atoms with Gasteiger partial charge in [-0.2, -0.15) is 0 Å². The zero-order valence-electron chi connectivity index (χ0n) is 23.0. The van der Waals surface area contributed by atoms with Crippen LogP contribution in [0.1, 0.15) is 42.5 Å². The maximum atomic E-state index is 13.5. The third-order valence-corrected chi connectivity index (χ3v) is 8.77. The van der Waals surface area contributed by atoms with E-state index in [-0.39, 0.29) is 22.3 Å². The van der Waals surface area contributed by atoms with E-state index in [0.717, 1.165) is 29.7 Å². The number of thioether (sulfide) groups is 1. The first kappa shape index (κ1) is 29.3. The van der Waals surface area contributed by atoms with Gasteiger partial charge in [-0.25, -0.2) is 4.39 Å². The summed E-state index contributed by atoms with van der Waals surface area (Å²) < 4.78 is 24.8. The second kappa shape index (κ2) is 13.2. The molecule has 0 radical (unpaired) electrons. The Bertz CT molecular complexity index is 1590. The van der Waals surface area contributed by atoms with Crippen LogP contribution < -0.4 is 14.4 Å². The molecule has 11 heteroatoms. The number of unbranched alkanes of at least 4 members (excludes halogenated alkanes) is 1. The van der Waals surface area contributed by atoms with Crippen molar-refractivity contribution in [1.82, 2.24) is 10.2 Å². The second-order valence-corrected chi connectivity index (χ2v) is 11.6. The molecule has 5 rings (SSSR count). The van der Waals surface area contributed by atoms with E-state index in [9.17, 15) is 19.1 Å². The molecule has 8 nitrogen and oxygen atoms in total. The minimum atomic E-state index is -0.945. The average Bonchev–Trinajstić information content (AvgIpc) is 3.58. The van der Waals surface area contributed by atoms with Gasteiger partial charge in [0.05, 0.1) is 25.3 Å². The van der Waals surface area contributed by atoms with Gasteiger partial charge in [-0.3, -0.25) is 14.5 Å². The van der Waals surface area contributed by atoms with Crippen LogP contribution in [-0.4, -0.2) is 40.7 Å². The number of hydrogen-bond donors (Lipinski definition) is 1. The number of aliphatic hydroxyl groups is 1. The number of Topliss-reactive ketones (excluding diaryl/α,β-unsaturated/α-hetero) is 1. The Hall–Kier alpha value is -4.22. The molecule has 0 spiro atoms. The monoisotopic (exact) mass is 605 g/mol. The van der Waals surface area contributed by atoms with E-state index < -0.39 is 17.7 Å². The van der Waals surface area contributed by atoms with Crippen LogP contribution in [-0.2, 0) is 15.3 Å². The number of methoxy groups -OCH3 is 1. The van der Waals surface area contributed by atoms with Crippen molar-refractivity contribution in [3.05, 3.63) is 101 Å². The summed E-state index contributed by atoms with van der Waals surface area (Å²) in [5.74, 6) is -0.487. The maximum Gasteiger partial charge on any atom is 0.301 e. The van der Waals surface area contributed by atoms with Gasteiger partial charge in [-0.1, -0.05) is 60.7 Å². The average molecular weight is 606 g/mol. The van der Waals surface area contributed by atoms with Crippen molar-refractivity contribution in [3.8, 4) is 11.5 Å². The Labute approximate surface area is 250 Å². The summed E-state index contributed by atoms with van der Waals surface area (Å²) in [7, 11) is 1.54. The molecule has 0 saturated carbocycles. The first-order valence-electron chi connectivity index (χ1n) is 13.3. The number of benzene rings is 3. The molecule has 216 valence electrons. The predicted molar refractivity (Wildman–Crippen MR) is 160 cm³/mol. The molecular formula is C31H28FN3O5S2. The lowest BCUT2D eigenvalue weighted by Crippen LogP contribution is -2.29. The Kier molecular flexibility index (Phi) is 9.19. The number of aromatic nitrogens is 2.